The van der Waals surface area contributed by atoms with Crippen LogP contribution in [0.4, 0.5) is 0 Å². The summed E-state index contributed by atoms with van der Waals surface area (Å²) >= 11 is 18.2. The van der Waals surface area contributed by atoms with Crippen LogP contribution in [0, 0.1) is 19.3 Å². The number of Topliss-reactive ketones (excluding diaryl/α,β-unsaturated/α-hetero) is 2. The van der Waals surface area contributed by atoms with E-state index in [1.54, 1.807) is 24.3 Å². The van der Waals surface area contributed by atoms with Gasteiger partial charge in [-0.1, -0.05) is 125 Å². The number of nitrogens with one attached hydrogen (secondary N) is 1. The van der Waals surface area contributed by atoms with Gasteiger partial charge in [0, 0.05) is 57.7 Å². The number of ketones is 2. The fraction of sp³-hybridized carbons (Fsp3) is 0.444. The van der Waals surface area contributed by atoms with E-state index in [2.05, 4.69) is 147 Å². The number of carbonyl (C=O) groups excluding carboxylic acids is 2. The fourth-order valence-electron chi connectivity index (χ4n) is 10.4. The number of phenolic OH excluding ortho intramolecular Hbond substituents is 2. The Morgan fingerprint density at radius 1 is 0.634 bits per heavy atom. The normalized spacial score (nSPS) is 16.4. The van der Waals surface area contributed by atoms with Crippen LogP contribution in [0.25, 0.3) is 17.1 Å². The van der Waals surface area contributed by atoms with E-state index in [0.717, 1.165) is 58.6 Å². The molecule has 450 valence electrons. The average molecular weight is 1370 g/mol. The molecular formula is C63H88Cl6N2O7Si3Zr. The molecule has 9 nitrogen and oxygen atoms in total. The molecule has 0 heterocycles. The van der Waals surface area contributed by atoms with E-state index >= 15 is 0 Å². The Bertz CT molecular complexity index is 2790. The number of benzene rings is 4. The first-order valence-electron chi connectivity index (χ1n) is 27.4. The third-order valence-electron chi connectivity index (χ3n) is 12.7. The zero-order chi connectivity index (χ0) is 60.8. The second kappa shape index (κ2) is 35.9. The van der Waals surface area contributed by atoms with Gasteiger partial charge in [0.2, 0.25) is 8.32 Å². The summed E-state index contributed by atoms with van der Waals surface area (Å²) in [4.78, 5) is 31.2. The summed E-state index contributed by atoms with van der Waals surface area (Å²) in [5.74, 6) is 5.59. The van der Waals surface area contributed by atoms with Crippen molar-refractivity contribution in [1.29, 1.82) is 0 Å². The van der Waals surface area contributed by atoms with Crippen molar-refractivity contribution in [2.24, 2.45) is 11.8 Å². The molecule has 0 amide bonds. The molecule has 4 aromatic rings. The van der Waals surface area contributed by atoms with E-state index in [4.69, 9.17) is 81.7 Å². The van der Waals surface area contributed by atoms with Gasteiger partial charge in [-0.3, -0.25) is 9.59 Å². The Hall–Kier alpha value is -2.63. The number of aromatic hydroxyl groups is 2. The molecule has 4 aromatic carbocycles. The molecule has 0 aliphatic heterocycles. The van der Waals surface area contributed by atoms with Crippen LogP contribution < -0.4 is 13.8 Å². The second-order valence-electron chi connectivity index (χ2n) is 23.8. The van der Waals surface area contributed by atoms with Crippen molar-refractivity contribution in [2.75, 3.05) is 10.7 Å². The topological polar surface area (TPSA) is 128 Å². The number of hydrogen-bond donors (Lipinski definition) is 3. The molecular weight excluding hydrogens is 1280 g/mol. The summed E-state index contributed by atoms with van der Waals surface area (Å²) in [6.07, 6.45) is 23.7. The van der Waals surface area contributed by atoms with Gasteiger partial charge in [-0.2, -0.15) is 0 Å². The molecule has 10 rings (SSSR count). The van der Waals surface area contributed by atoms with Crippen LogP contribution in [0.2, 0.25) is 45.8 Å². The number of hydrogen-bond acceptors (Lipinski definition) is 8. The predicted molar refractivity (Wildman–Crippen MR) is 356 cm³/mol. The molecule has 2 unspecified atom stereocenters. The molecule has 3 N–H and O–H groups in total. The van der Waals surface area contributed by atoms with Crippen LogP contribution >= 0.6 is 63.4 Å². The molecule has 0 aromatic heterocycles. The monoisotopic (exact) mass is 1370 g/mol. The molecule has 19 heteroatoms. The molecule has 0 saturated heterocycles. The first kappa shape index (κ1) is 75.5. The number of rotatable bonds is 8. The van der Waals surface area contributed by atoms with E-state index in [-0.39, 0.29) is 46.5 Å². The van der Waals surface area contributed by atoms with Crippen molar-refractivity contribution in [3.63, 3.8) is 0 Å². The molecule has 6 aliphatic carbocycles. The zero-order valence-electron chi connectivity index (χ0n) is 50.6. The maximum absolute atomic E-state index is 11.5. The Kier molecular flexibility index (Phi) is 33.0. The van der Waals surface area contributed by atoms with Crippen LogP contribution in [-0.4, -0.2) is 68.8 Å². The van der Waals surface area contributed by atoms with Gasteiger partial charge in [0.1, 0.15) is 31.5 Å². The summed E-state index contributed by atoms with van der Waals surface area (Å²) in [5, 5.41) is 19.0. The number of allylic oxidation sites excluding steroid dienone is 6. The molecule has 1 saturated carbocycles. The molecule has 82 heavy (non-hydrogen) atoms. The second-order valence-corrected chi connectivity index (χ2v) is 40.3. The number of fused-ring (bicyclic) bond motifs is 5. The van der Waals surface area contributed by atoms with Crippen LogP contribution in [0.15, 0.2) is 109 Å². The van der Waals surface area contributed by atoms with E-state index in [1.165, 1.54) is 36.1 Å². The number of phenols is 2. The Morgan fingerprint density at radius 3 is 1.61 bits per heavy atom. The summed E-state index contributed by atoms with van der Waals surface area (Å²) in [6, 6.07) is 22.8. The predicted octanol–water partition coefficient (Wildman–Crippen LogP) is 19.7. The van der Waals surface area contributed by atoms with Crippen molar-refractivity contribution in [3.05, 3.63) is 166 Å². The quantitative estimate of drug-likeness (QED) is 0.0904. The van der Waals surface area contributed by atoms with Gasteiger partial charge in [-0.05, 0) is 139 Å². The molecule has 6 aliphatic rings. The zero-order valence-corrected chi connectivity index (χ0v) is 60.5. The SMILES string of the molecule is CC(C)(C)N[Si](C)(C)Oc1cccc2c1CC=C2.CC(C)(C)[N-][Si](C)(C)OC1=CC=CC2CCCC12.C[Si](C)(C)Oc1cccc2c1CCC2=O.ClCCl.ClCCl.O=C1CCc2c(O)cccc21.Oc1cccc2c1CC=C2.[CH3-].[Cl][Zr+2][Cl]. The van der Waals surface area contributed by atoms with Crippen molar-refractivity contribution >= 4 is 112 Å². The number of nitrogens with zero attached hydrogens (tertiary/aromatic N) is 1. The van der Waals surface area contributed by atoms with Crippen molar-refractivity contribution < 1.29 is 53.9 Å². The van der Waals surface area contributed by atoms with Crippen LogP contribution in [0.3, 0.4) is 0 Å². The molecule has 0 bridgehead atoms. The fourth-order valence-corrected chi connectivity index (χ4v) is 16.3. The van der Waals surface area contributed by atoms with Gasteiger partial charge >= 0.3 is 46.4 Å². The van der Waals surface area contributed by atoms with E-state index in [0.29, 0.717) is 42.4 Å². The maximum atomic E-state index is 11.5. The first-order valence-corrected chi connectivity index (χ1v) is 45.0. The van der Waals surface area contributed by atoms with E-state index in [9.17, 15) is 19.8 Å². The summed E-state index contributed by atoms with van der Waals surface area (Å²) in [7, 11) is 4.43. The first-order chi connectivity index (χ1) is 37.9. The number of halogens is 6. The van der Waals surface area contributed by atoms with E-state index < -0.39 is 46.1 Å². The van der Waals surface area contributed by atoms with Gasteiger partial charge in [0.15, 0.2) is 11.6 Å². The number of alkyl halides is 4. The van der Waals surface area contributed by atoms with Crippen LogP contribution in [-0.2, 0) is 51.0 Å². The third-order valence-corrected chi connectivity index (χ3v) is 17.5. The average Bonchev–Trinajstić information content (AvgIpc) is 4.26. The molecule has 2 atom stereocenters. The number of carbonyl (C=O) groups is 2. The van der Waals surface area contributed by atoms with Gasteiger partial charge < -0.3 is 40.9 Å². The van der Waals surface area contributed by atoms with Gasteiger partial charge in [-0.25, -0.2) is 0 Å². The minimum absolute atomic E-state index is 0. The van der Waals surface area contributed by atoms with Gasteiger partial charge in [-0.15, -0.1) is 51.9 Å². The van der Waals surface area contributed by atoms with Crippen molar-refractivity contribution in [2.45, 2.75) is 156 Å². The summed E-state index contributed by atoms with van der Waals surface area (Å²) in [5.41, 5.74) is 8.42. The molecule has 1 fully saturated rings. The Labute approximate surface area is 534 Å². The van der Waals surface area contributed by atoms with E-state index in [1.807, 2.05) is 36.4 Å². The van der Waals surface area contributed by atoms with Gasteiger partial charge in [0.05, 0.1) is 16.4 Å². The van der Waals surface area contributed by atoms with Crippen LogP contribution in [0.1, 0.15) is 128 Å². The molecule has 0 radical (unpaired) electrons. The third kappa shape index (κ3) is 26.6. The Morgan fingerprint density at radius 2 is 1.10 bits per heavy atom. The standard InChI is InChI=1S/C15H26NOSi.C15H23NOSi.C12H16O2Si.C9H8O2.C9H8O.2CH2Cl2.CH3.2ClH.Zr/c2*1-15(2,3)16-18(4,5)17-14-11-7-9-12-8-6-10-13(12)14;1-15(2,3)14-12-6-4-5-9-10(12)7-8-11(9)13;10-8-3-1-2-6-7(8)4-5-9(6)11;10-9-6-2-4-7-3-1-5-8(7)9;2*2-1-3;;;;/h7,9,11-13H,6,8,10H2,1-5H3;6-9,11,16H,10H2,1-5H3;4-6H,7-8H2,1-3H3;1-3,10H,4-5H2;1-4,6,10H,5H2;2*1H2;1H3;2*1H;/q-1;;;;;;;-1;;;+4/p-2. The summed E-state index contributed by atoms with van der Waals surface area (Å²) < 4.78 is 18.6. The summed E-state index contributed by atoms with van der Waals surface area (Å²) in [6.45, 7) is 28.3. The van der Waals surface area contributed by atoms with Gasteiger partial charge in [0.25, 0.3) is 0 Å². The molecule has 0 spiro atoms. The van der Waals surface area contributed by atoms with Crippen LogP contribution in [0.5, 0.6) is 23.0 Å². The Balaban J connectivity index is 0.000000340. The minimum atomic E-state index is -1.96. The van der Waals surface area contributed by atoms with Crippen molar-refractivity contribution in [3.8, 4) is 23.0 Å². The van der Waals surface area contributed by atoms with Crippen molar-refractivity contribution in [1.82, 2.24) is 4.98 Å².